The lowest BCUT2D eigenvalue weighted by molar-refractivity contribution is -0.164. The van der Waals surface area contributed by atoms with Gasteiger partial charge >= 0.3 is 0 Å². The summed E-state index contributed by atoms with van der Waals surface area (Å²) in [6, 6.07) is 20.1. The molecular weight excluding hydrogens is 902 g/mol. The van der Waals surface area contributed by atoms with Crippen LogP contribution in [0.3, 0.4) is 0 Å². The number of nitrogens with zero attached hydrogens (tertiary/aromatic N) is 3. The van der Waals surface area contributed by atoms with Crippen LogP contribution in [0.15, 0.2) is 72.2 Å². The Bertz CT molecular complexity index is 2450. The third-order valence-corrected chi connectivity index (χ3v) is 14.5. The number of hydrogen-bond acceptors (Lipinski definition) is 11. The smallest absolute Gasteiger partial charge is 0.251 e. The van der Waals surface area contributed by atoms with Crippen molar-refractivity contribution in [3.05, 3.63) is 99.6 Å². The molecule has 364 valence electrons. The molecule has 1 saturated heterocycles. The van der Waals surface area contributed by atoms with Gasteiger partial charge in [0.15, 0.2) is 0 Å². The van der Waals surface area contributed by atoms with Crippen LogP contribution in [0.2, 0.25) is 5.02 Å². The average molecular weight is 969 g/mol. The van der Waals surface area contributed by atoms with E-state index >= 15 is 0 Å². The van der Waals surface area contributed by atoms with Crippen molar-refractivity contribution >= 4 is 52.3 Å². The number of benzene rings is 3. The first kappa shape index (κ1) is 51.9. The van der Waals surface area contributed by atoms with Gasteiger partial charge in [0.1, 0.15) is 36.6 Å². The molecule has 1 aromatic heterocycles. The number of ether oxygens (including phenoxy) is 2. The maximum absolute atomic E-state index is 14.1. The molecule has 68 heavy (non-hydrogen) atoms. The quantitative estimate of drug-likeness (QED) is 0.0572. The normalized spacial score (nSPS) is 20.3. The van der Waals surface area contributed by atoms with Crippen LogP contribution in [0.4, 0.5) is 5.69 Å². The number of aliphatic hydroxyl groups excluding tert-OH is 1. The molecular formula is C52H66ClN7O7S. The van der Waals surface area contributed by atoms with Crippen molar-refractivity contribution in [1.29, 1.82) is 5.26 Å². The molecule has 5 N–H and O–H groups in total. The van der Waals surface area contributed by atoms with E-state index in [2.05, 4.69) is 60.0 Å². The first-order valence-corrected chi connectivity index (χ1v) is 24.5. The number of nitrogens with one attached hydrogen (secondary N) is 4. The number of amides is 4. The fraction of sp³-hybridized carbons (Fsp3) is 0.500. The summed E-state index contributed by atoms with van der Waals surface area (Å²) in [7, 11) is 0. The minimum atomic E-state index is -0.952. The fourth-order valence-corrected chi connectivity index (χ4v) is 10.7. The first-order chi connectivity index (χ1) is 32.1. The number of aryl methyl sites for hydroxylation is 1. The second-order valence-corrected chi connectivity index (χ2v) is 21.6. The Morgan fingerprint density at radius 3 is 2.29 bits per heavy atom. The Morgan fingerprint density at radius 1 is 0.985 bits per heavy atom. The second-order valence-electron chi connectivity index (χ2n) is 20.3. The van der Waals surface area contributed by atoms with Crippen LogP contribution in [-0.4, -0.2) is 95.3 Å². The van der Waals surface area contributed by atoms with E-state index in [0.29, 0.717) is 35.1 Å². The SMILES string of the molecule is Cc1ncsc1-c1ccc([C@H](C)NC(=O)[C@@H]2C[C@@H](O)CN2C(=O)[C@@H](NC(=O)COCCCCCNc2ccc(C(=O)N[C@H]3C(C)(C)[C@H](Oc4ccc(C#N)c(Cl)c4)C3(C)C)cc2)C(C)(C)C)cc1. The summed E-state index contributed by atoms with van der Waals surface area (Å²) < 4.78 is 12.1. The van der Waals surface area contributed by atoms with Crippen LogP contribution in [-0.2, 0) is 19.1 Å². The summed E-state index contributed by atoms with van der Waals surface area (Å²) in [4.78, 5) is 61.0. The van der Waals surface area contributed by atoms with Gasteiger partial charge < -0.3 is 40.7 Å². The molecule has 4 aromatic rings. The van der Waals surface area contributed by atoms with Gasteiger partial charge in [-0.2, -0.15) is 5.26 Å². The topological polar surface area (TPSA) is 195 Å². The molecule has 2 aliphatic rings. The lowest BCUT2D eigenvalue weighted by atomic mass is 9.49. The molecule has 0 bridgehead atoms. The highest BCUT2D eigenvalue weighted by Gasteiger charge is 2.64. The van der Waals surface area contributed by atoms with Crippen molar-refractivity contribution in [2.45, 2.75) is 124 Å². The van der Waals surface area contributed by atoms with Crippen molar-refractivity contribution in [2.24, 2.45) is 16.2 Å². The molecule has 0 unspecified atom stereocenters. The van der Waals surface area contributed by atoms with Crippen molar-refractivity contribution in [2.75, 3.05) is 31.6 Å². The van der Waals surface area contributed by atoms with Crippen molar-refractivity contribution in [3.8, 4) is 22.3 Å². The largest absolute Gasteiger partial charge is 0.489 e. The lowest BCUT2D eigenvalue weighted by Gasteiger charge is -2.63. The molecule has 6 rings (SSSR count). The van der Waals surface area contributed by atoms with Gasteiger partial charge in [-0.15, -0.1) is 11.3 Å². The number of aliphatic hydroxyl groups is 1. The van der Waals surface area contributed by atoms with E-state index in [1.54, 1.807) is 41.7 Å². The van der Waals surface area contributed by atoms with Gasteiger partial charge in [-0.1, -0.05) is 84.3 Å². The highest BCUT2D eigenvalue weighted by atomic mass is 35.5. The number of halogens is 1. The second kappa shape index (κ2) is 21.8. The Balaban J connectivity index is 0.887. The summed E-state index contributed by atoms with van der Waals surface area (Å²) in [5, 5.41) is 32.7. The zero-order valence-corrected chi connectivity index (χ0v) is 42.1. The monoisotopic (exact) mass is 967 g/mol. The molecule has 1 aliphatic heterocycles. The summed E-state index contributed by atoms with van der Waals surface area (Å²) in [6.45, 7) is 18.5. The average Bonchev–Trinajstić information content (AvgIpc) is 3.91. The number of aromatic nitrogens is 1. The zero-order chi connectivity index (χ0) is 49.6. The number of hydrogen-bond donors (Lipinski definition) is 5. The van der Waals surface area contributed by atoms with E-state index < -0.39 is 35.4 Å². The van der Waals surface area contributed by atoms with E-state index in [1.807, 2.05) is 76.5 Å². The van der Waals surface area contributed by atoms with E-state index in [1.165, 1.54) is 4.90 Å². The third-order valence-electron chi connectivity index (χ3n) is 13.2. The summed E-state index contributed by atoms with van der Waals surface area (Å²) in [5.41, 5.74) is 5.11. The Kier molecular flexibility index (Phi) is 16.6. The molecule has 2 fully saturated rings. The van der Waals surface area contributed by atoms with Crippen LogP contribution in [0, 0.1) is 34.5 Å². The summed E-state index contributed by atoms with van der Waals surface area (Å²) >= 11 is 7.81. The summed E-state index contributed by atoms with van der Waals surface area (Å²) in [5.74, 6) is -0.820. The van der Waals surface area contributed by atoms with Gasteiger partial charge in [-0.3, -0.25) is 19.2 Å². The van der Waals surface area contributed by atoms with E-state index in [0.717, 1.165) is 46.6 Å². The number of carbonyl (C=O) groups is 4. The molecule has 2 heterocycles. The standard InChI is InChI=1S/C52H66ClN7O7S/c1-31(33-13-15-34(16-14-33)43-32(2)56-30-68-43)57-46(64)41-25-38(61)28-60(41)47(65)44(50(3,4)5)58-42(62)29-66-24-12-10-11-23-55-37-20-17-35(18-21-37)45(63)59-48-51(6,7)49(52(48,8)9)67-39-22-19-36(27-54)40(53)26-39/h13-22,26,30-31,38,41,44,48-49,55,61H,10-12,23-25,28-29H2,1-9H3,(H,57,64)(H,58,62)(H,59,63)/t31-,38+,41-,44+,48-,49-/m0/s1. The number of nitriles is 1. The predicted molar refractivity (Wildman–Crippen MR) is 265 cm³/mol. The van der Waals surface area contributed by atoms with E-state index in [4.69, 9.17) is 21.1 Å². The van der Waals surface area contributed by atoms with Crippen LogP contribution in [0.25, 0.3) is 10.4 Å². The van der Waals surface area contributed by atoms with Gasteiger partial charge in [-0.05, 0) is 86.1 Å². The number of anilines is 1. The number of β-amino-alcohol motifs (C(OH)–C–C–N with tert-alkyl or cyclic N) is 1. The Hall–Kier alpha value is -5.53. The molecule has 1 aliphatic carbocycles. The maximum Gasteiger partial charge on any atom is 0.251 e. The molecule has 4 amide bonds. The van der Waals surface area contributed by atoms with Gasteiger partial charge in [0, 0.05) is 60.3 Å². The van der Waals surface area contributed by atoms with Crippen LogP contribution in [0.5, 0.6) is 5.75 Å². The predicted octanol–water partition coefficient (Wildman–Crippen LogP) is 8.22. The van der Waals surface area contributed by atoms with Gasteiger partial charge in [0.25, 0.3) is 5.91 Å². The number of likely N-dealkylation sites (tertiary alicyclic amines) is 1. The number of carbonyl (C=O) groups excluding carboxylic acids is 4. The minimum Gasteiger partial charge on any atom is -0.489 e. The molecule has 4 atom stereocenters. The van der Waals surface area contributed by atoms with E-state index in [-0.39, 0.29) is 60.4 Å². The van der Waals surface area contributed by atoms with Gasteiger partial charge in [-0.25, -0.2) is 4.98 Å². The highest BCUT2D eigenvalue weighted by molar-refractivity contribution is 7.13. The molecule has 1 saturated carbocycles. The molecule has 0 spiro atoms. The lowest BCUT2D eigenvalue weighted by Crippen LogP contribution is -2.74. The van der Waals surface area contributed by atoms with Gasteiger partial charge in [0.2, 0.25) is 17.7 Å². The number of rotatable bonds is 19. The number of thiazole rings is 1. The highest BCUT2D eigenvalue weighted by Crippen LogP contribution is 2.55. The van der Waals surface area contributed by atoms with Crippen molar-refractivity contribution < 1.29 is 33.8 Å². The fourth-order valence-electron chi connectivity index (χ4n) is 9.67. The number of unbranched alkanes of at least 4 members (excludes halogenated alkanes) is 2. The van der Waals surface area contributed by atoms with Crippen LogP contribution < -0.4 is 26.0 Å². The minimum absolute atomic E-state index is 0.0135. The molecule has 3 aromatic carbocycles. The van der Waals surface area contributed by atoms with Crippen LogP contribution in [0.1, 0.15) is 114 Å². The molecule has 16 heteroatoms. The Labute approximate surface area is 409 Å². The summed E-state index contributed by atoms with van der Waals surface area (Å²) in [6.07, 6.45) is 1.46. The first-order valence-electron chi connectivity index (χ1n) is 23.3. The van der Waals surface area contributed by atoms with Crippen molar-refractivity contribution in [1.82, 2.24) is 25.8 Å². The van der Waals surface area contributed by atoms with Crippen LogP contribution >= 0.6 is 22.9 Å². The molecule has 0 radical (unpaired) electrons. The van der Waals surface area contributed by atoms with Gasteiger partial charge in [0.05, 0.1) is 38.8 Å². The molecule has 14 nitrogen and oxygen atoms in total. The van der Waals surface area contributed by atoms with E-state index in [9.17, 15) is 29.5 Å². The third kappa shape index (κ3) is 12.2. The van der Waals surface area contributed by atoms with Crippen molar-refractivity contribution in [3.63, 3.8) is 0 Å². The zero-order valence-electron chi connectivity index (χ0n) is 40.6. The maximum atomic E-state index is 14.1. The Morgan fingerprint density at radius 2 is 1.68 bits per heavy atom.